The van der Waals surface area contributed by atoms with Gasteiger partial charge in [-0.3, -0.25) is 33.9 Å². The van der Waals surface area contributed by atoms with Gasteiger partial charge >= 0.3 is 5.76 Å². The number of H-pyrrole nitrogens is 1. The summed E-state index contributed by atoms with van der Waals surface area (Å²) < 4.78 is 78.8. The smallest absolute Gasteiger partial charge is 0.355 e. The summed E-state index contributed by atoms with van der Waals surface area (Å²) in [6, 6.07) is 19.4. The molecule has 20 nitrogen and oxygen atoms in total. The van der Waals surface area contributed by atoms with E-state index in [9.17, 15) is 45.9 Å². The van der Waals surface area contributed by atoms with Gasteiger partial charge in [0.05, 0.1) is 46.2 Å². The number of primary amides is 1. The van der Waals surface area contributed by atoms with Gasteiger partial charge in [0, 0.05) is 38.2 Å². The number of β-amino-alcohol motifs (C(OH)–C–C–N with tert-alkyl or cyclic N) is 1. The molecule has 4 atom stereocenters. The van der Waals surface area contributed by atoms with Gasteiger partial charge in [0.15, 0.2) is 0 Å². The van der Waals surface area contributed by atoms with E-state index in [4.69, 9.17) is 15.2 Å². The lowest BCUT2D eigenvalue weighted by Gasteiger charge is -2.35. The number of aromatic amines is 1. The minimum Gasteiger partial charge on any atom is -0.489 e. The lowest BCUT2D eigenvalue weighted by atomic mass is 9.90. The number of aliphatic hydroxyl groups is 1. The summed E-state index contributed by atoms with van der Waals surface area (Å²) in [6.07, 6.45) is 0.985. The fourth-order valence-electron chi connectivity index (χ4n) is 9.36. The lowest BCUT2D eigenvalue weighted by molar-refractivity contribution is -0.140. The number of nitrogens with zero attached hydrogens (tertiary/aromatic N) is 5. The third-order valence-electron chi connectivity index (χ3n) is 13.7. The molecule has 3 aromatic heterocycles. The van der Waals surface area contributed by atoms with E-state index < -0.39 is 66.4 Å². The number of aryl methyl sites for hydroxylation is 1. The third kappa shape index (κ3) is 14.5. The van der Waals surface area contributed by atoms with Crippen LogP contribution in [0.3, 0.4) is 0 Å². The van der Waals surface area contributed by atoms with Crippen LogP contribution in [0, 0.1) is 18.2 Å². The Bertz CT molecular complexity index is 3250. The highest BCUT2D eigenvalue weighted by Crippen LogP contribution is 2.38. The molecule has 5 heterocycles. The number of sulfonamides is 1. The number of hydrogen-bond donors (Lipinski definition) is 7. The Labute approximate surface area is 461 Å². The Morgan fingerprint density at radius 1 is 0.987 bits per heavy atom. The molecule has 0 aliphatic carbocycles. The van der Waals surface area contributed by atoms with Crippen molar-refractivity contribution in [2.45, 2.75) is 96.1 Å². The number of likely N-dealkylation sites (tertiary alicyclic amines) is 2. The average Bonchev–Trinajstić information content (AvgIpc) is 4.16. The molecule has 4 amide bonds. The van der Waals surface area contributed by atoms with E-state index in [0.29, 0.717) is 37.2 Å². The first-order valence-corrected chi connectivity index (χ1v) is 29.4. The number of hydrogen-bond acceptors (Lipinski definition) is 15. The highest BCUT2D eigenvalue weighted by Gasteiger charge is 2.44. The molecule has 0 radical (unpaired) electrons. The molecule has 0 bridgehead atoms. The van der Waals surface area contributed by atoms with Crippen molar-refractivity contribution in [2.24, 2.45) is 11.1 Å². The zero-order valence-corrected chi connectivity index (χ0v) is 47.0. The minimum atomic E-state index is -5.12. The number of anilines is 3. The zero-order valence-electron chi connectivity index (χ0n) is 44.0. The summed E-state index contributed by atoms with van der Waals surface area (Å²) in [6.45, 7) is 10.9. The number of rotatable bonds is 21. The summed E-state index contributed by atoms with van der Waals surface area (Å²) in [5.74, 6) is -5.35. The molecular formula is C53H62F3N11O9S2Si. The summed E-state index contributed by atoms with van der Waals surface area (Å²) >= 11 is 1.56. The molecule has 26 heteroatoms. The average molecular weight is 1150 g/mol. The quantitative estimate of drug-likeness (QED) is 0.0399. The Hall–Kier alpha value is -7.39. The van der Waals surface area contributed by atoms with Crippen LogP contribution in [0.15, 0.2) is 90.6 Å². The first kappa shape index (κ1) is 57.8. The van der Waals surface area contributed by atoms with E-state index in [0.717, 1.165) is 21.7 Å². The van der Waals surface area contributed by atoms with Crippen molar-refractivity contribution in [3.8, 4) is 33.2 Å². The Morgan fingerprint density at radius 3 is 2.33 bits per heavy atom. The largest absolute Gasteiger partial charge is 0.489 e. The Kier molecular flexibility index (Phi) is 18.1. The van der Waals surface area contributed by atoms with E-state index >= 15 is 0 Å². The van der Waals surface area contributed by atoms with Crippen molar-refractivity contribution in [3.05, 3.63) is 119 Å². The summed E-state index contributed by atoms with van der Waals surface area (Å²) in [4.78, 5) is 70.5. The second kappa shape index (κ2) is 24.7. The Balaban J connectivity index is 0.821. The molecule has 0 spiro atoms. The number of nitrogens with one attached hydrogen (secondary N) is 5. The monoisotopic (exact) mass is 1150 g/mol. The van der Waals surface area contributed by atoms with Crippen molar-refractivity contribution in [1.29, 1.82) is 0 Å². The van der Waals surface area contributed by atoms with Crippen molar-refractivity contribution in [2.75, 3.05) is 36.2 Å². The van der Waals surface area contributed by atoms with Gasteiger partial charge in [-0.25, -0.2) is 22.8 Å². The fourth-order valence-corrected chi connectivity index (χ4v) is 12.3. The second-order valence-electron chi connectivity index (χ2n) is 20.5. The molecule has 2 aliphatic rings. The van der Waals surface area contributed by atoms with Crippen molar-refractivity contribution in [3.63, 3.8) is 0 Å². The number of nitrogens with two attached hydrogens (primary N) is 1. The summed E-state index contributed by atoms with van der Waals surface area (Å²) in [5.41, 5.74) is 9.70. The first-order valence-electron chi connectivity index (χ1n) is 25.4. The van der Waals surface area contributed by atoms with Gasteiger partial charge in [-0.2, -0.15) is 13.9 Å². The van der Waals surface area contributed by atoms with Crippen LogP contribution in [-0.2, 0) is 31.0 Å². The van der Waals surface area contributed by atoms with Crippen molar-refractivity contribution >= 4 is 72.0 Å². The van der Waals surface area contributed by atoms with Gasteiger partial charge < -0.3 is 40.8 Å². The Morgan fingerprint density at radius 2 is 1.70 bits per heavy atom. The van der Waals surface area contributed by atoms with E-state index in [1.54, 1.807) is 35.9 Å². The number of ether oxygens (including phenoxy) is 2. The van der Waals surface area contributed by atoms with Crippen LogP contribution in [0.25, 0.3) is 21.7 Å². The van der Waals surface area contributed by atoms with Crippen LogP contribution < -0.4 is 35.5 Å². The molecule has 0 saturated carbocycles. The molecule has 2 aliphatic heterocycles. The number of carbonyl (C=O) groups is 4. The zero-order chi connectivity index (χ0) is 56.8. The molecule has 3 aromatic carbocycles. The maximum Gasteiger partial charge on any atom is 0.355 e. The number of amides is 4. The highest BCUT2D eigenvalue weighted by molar-refractivity contribution is 7.93. The molecule has 8 rings (SSSR count). The number of benzene rings is 3. The maximum absolute atomic E-state index is 14.2. The lowest BCUT2D eigenvalue weighted by Crippen LogP contribution is -2.51. The normalized spacial score (nSPS) is 17.2. The number of aliphatic hydroxyl groups excluding tert-OH is 1. The molecule has 79 heavy (non-hydrogen) atoms. The number of pyridine rings is 1. The summed E-state index contributed by atoms with van der Waals surface area (Å²) in [7, 11) is -6.68. The van der Waals surface area contributed by atoms with Gasteiger partial charge in [0.25, 0.3) is 15.9 Å². The van der Waals surface area contributed by atoms with E-state index in [1.807, 2.05) is 61.6 Å². The molecule has 420 valence electrons. The SMILES string of the molecule is Cc1ncsc1-c1ccc(CNC(=O)[C@@H]2C[C@@H](O)CN2C(=O)[C@@H]([SiH2]NC(=O)CN2CCC(Oc3ccc(Nc4[nH]nc(-c5ccc(NS(=O)(=O)C(F)F)c(O[C@@H](C)c6ccc(F)cc6)c5)c4C(N)=O)nc3)CC2)C(C)(C)C)cc1. The van der Waals surface area contributed by atoms with Gasteiger partial charge in [0.2, 0.25) is 17.7 Å². The summed E-state index contributed by atoms with van der Waals surface area (Å²) in [5, 5.41) is 23.6. The van der Waals surface area contributed by atoms with Crippen molar-refractivity contribution < 1.29 is 55.3 Å². The number of carbonyl (C=O) groups excluding carboxylic acids is 4. The van der Waals surface area contributed by atoms with Gasteiger partial charge in [0.1, 0.15) is 68.1 Å². The molecule has 2 fully saturated rings. The predicted molar refractivity (Wildman–Crippen MR) is 294 cm³/mol. The highest BCUT2D eigenvalue weighted by atomic mass is 32.2. The van der Waals surface area contributed by atoms with Gasteiger partial charge in [-0.1, -0.05) is 63.2 Å². The predicted octanol–water partition coefficient (Wildman–Crippen LogP) is 6.15. The van der Waals surface area contributed by atoms with Crippen LogP contribution in [0.1, 0.15) is 80.2 Å². The number of halogens is 3. The van der Waals surface area contributed by atoms with Crippen LogP contribution in [0.4, 0.5) is 30.5 Å². The number of aromatic nitrogens is 4. The van der Waals surface area contributed by atoms with E-state index in [-0.39, 0.29) is 89.8 Å². The number of thiazole rings is 1. The molecule has 2 saturated heterocycles. The standard InChI is InChI=1S/C53H62F3N11O9S2Si/c1-29-46(77-28-60-29)33-8-6-31(7-9-33)24-59-50(71)40-23-36(68)26-67(40)51(72)47(53(3,4)5)79-65-43(69)27-66-20-18-37(19-21-66)76-38-15-17-42(58-25-38)61-49-44(48(57)70)45(62-63-49)34-12-16-39(64-78(73,74)52(55)56)41(22-34)75-30(2)32-10-13-35(54)14-11-32/h6-17,22,25,28,30,36-37,40,47,52,64,68H,18-21,23-24,26-27,79H2,1-5H3,(H2,57,70)(H,59,71)(H,65,69)(H2,58,61,62,63)/t30-,36+,40-,47+/m0/s1. The van der Waals surface area contributed by atoms with Crippen LogP contribution >= 0.6 is 11.3 Å². The van der Waals surface area contributed by atoms with Gasteiger partial charge in [-0.15, -0.1) is 11.3 Å². The second-order valence-corrected chi connectivity index (χ2v) is 24.6. The number of piperidine rings is 1. The van der Waals surface area contributed by atoms with Crippen LogP contribution in [0.2, 0.25) is 5.54 Å². The fraction of sp³-hybridized carbons (Fsp3) is 0.377. The van der Waals surface area contributed by atoms with E-state index in [2.05, 4.69) is 35.8 Å². The van der Waals surface area contributed by atoms with E-state index in [1.165, 1.54) is 53.6 Å². The first-order chi connectivity index (χ1) is 37.5. The number of alkyl halides is 2. The maximum atomic E-state index is 14.2. The van der Waals surface area contributed by atoms with Crippen LogP contribution in [-0.4, -0.2) is 127 Å². The molecular weight excluding hydrogens is 1080 g/mol. The molecule has 8 N–H and O–H groups in total. The van der Waals surface area contributed by atoms with Crippen molar-refractivity contribution in [1.82, 2.24) is 40.3 Å². The van der Waals surface area contributed by atoms with Crippen LogP contribution in [0.5, 0.6) is 11.5 Å². The van der Waals surface area contributed by atoms with Gasteiger partial charge in [-0.05, 0) is 85.2 Å². The molecule has 6 aromatic rings. The third-order valence-corrected chi connectivity index (χ3v) is 18.3. The molecule has 0 unspecified atom stereocenters. The minimum absolute atomic E-state index is 0.0142. The topological polar surface area (TPSA) is 276 Å².